The van der Waals surface area contributed by atoms with Gasteiger partial charge in [0.2, 0.25) is 0 Å². The average molecular weight is 166 g/mol. The van der Waals surface area contributed by atoms with Crippen LogP contribution in [0.25, 0.3) is 0 Å². The monoisotopic (exact) mass is 166 g/mol. The van der Waals surface area contributed by atoms with Gasteiger partial charge in [0.15, 0.2) is 0 Å². The number of hydrogen-bond donors (Lipinski definition) is 1. The van der Waals surface area contributed by atoms with Gasteiger partial charge in [0.1, 0.15) is 0 Å². The Morgan fingerprint density at radius 3 is 1.60 bits per heavy atom. The zero-order valence-corrected chi connectivity index (χ0v) is 8.79. The number of rotatable bonds is 3. The van der Waals surface area contributed by atoms with Gasteiger partial charge in [0.25, 0.3) is 0 Å². The molecular weight excluding hydrogens is 144 g/mol. The van der Waals surface area contributed by atoms with Crippen LogP contribution in [0, 0.1) is 0 Å². The Balaban J connectivity index is -0.000000105. The Morgan fingerprint density at radius 2 is 1.50 bits per heavy atom. The van der Waals surface area contributed by atoms with Crippen LogP contribution in [0.1, 0.15) is 41.0 Å². The van der Waals surface area contributed by atoms with E-state index in [-0.39, 0.29) is 5.94 Å². The van der Waals surface area contributed by atoms with E-state index in [1.54, 1.807) is 11.8 Å². The minimum absolute atomic E-state index is 0.272. The maximum absolute atomic E-state index is 8.16. The Labute approximate surface area is 70.2 Å². The van der Waals surface area contributed by atoms with Gasteiger partial charge >= 0.3 is 0 Å². The molecule has 0 saturated heterocycles. The first-order valence-corrected chi connectivity index (χ1v) is 5.26. The van der Waals surface area contributed by atoms with Gasteiger partial charge in [0, 0.05) is 0 Å². The van der Waals surface area contributed by atoms with E-state index in [1.807, 2.05) is 27.7 Å². The van der Waals surface area contributed by atoms with Crippen LogP contribution in [-0.4, -0.2) is 16.8 Å². The molecule has 0 aliphatic carbocycles. The van der Waals surface area contributed by atoms with Crippen molar-refractivity contribution in [2.24, 2.45) is 0 Å². The van der Waals surface area contributed by atoms with Crippen LogP contribution in [-0.2, 0) is 0 Å². The second kappa shape index (κ2) is 34.6. The molecule has 0 bridgehead atoms. The quantitative estimate of drug-likeness (QED) is 0.513. The van der Waals surface area contributed by atoms with Gasteiger partial charge in [-0.2, -0.15) is 0 Å². The van der Waals surface area contributed by atoms with Gasteiger partial charge in [-0.25, -0.2) is 0 Å². The van der Waals surface area contributed by atoms with E-state index < -0.39 is 0 Å². The summed E-state index contributed by atoms with van der Waals surface area (Å²) in [5.74, 6) is 1.35. The highest BCUT2D eigenvalue weighted by Crippen LogP contribution is 1.96. The lowest BCUT2D eigenvalue weighted by atomic mass is 10.6. The van der Waals surface area contributed by atoms with Crippen molar-refractivity contribution in [3.63, 3.8) is 0 Å². The molecule has 0 aliphatic heterocycles. The third kappa shape index (κ3) is 40.5. The van der Waals surface area contributed by atoms with Crippen molar-refractivity contribution in [1.82, 2.24) is 0 Å². The molecule has 0 fully saturated rings. The molecule has 0 aliphatic rings. The molecule has 0 aromatic rings. The standard InChI is InChI=1S/C4H10OS.2C2H6/c1-2-3-6-4-5;2*1-2/h5H,2-4H2,1H3;2*1-2H3. The van der Waals surface area contributed by atoms with Crippen LogP contribution in [0.3, 0.4) is 0 Å². The highest BCUT2D eigenvalue weighted by Gasteiger charge is 1.75. The largest absolute Gasteiger partial charge is 0.386 e. The van der Waals surface area contributed by atoms with Crippen molar-refractivity contribution in [3.05, 3.63) is 0 Å². The van der Waals surface area contributed by atoms with Gasteiger partial charge in [0.05, 0.1) is 5.94 Å². The molecule has 10 heavy (non-hydrogen) atoms. The van der Waals surface area contributed by atoms with E-state index in [2.05, 4.69) is 6.92 Å². The third-order valence-electron chi connectivity index (χ3n) is 0.440. The summed E-state index contributed by atoms with van der Waals surface area (Å²) in [5.41, 5.74) is 0. The second-order valence-corrected chi connectivity index (χ2v) is 2.11. The van der Waals surface area contributed by atoms with Gasteiger partial charge < -0.3 is 5.11 Å². The van der Waals surface area contributed by atoms with E-state index in [0.29, 0.717) is 0 Å². The van der Waals surface area contributed by atoms with E-state index >= 15 is 0 Å². The lowest BCUT2D eigenvalue weighted by Gasteiger charge is -1.86. The van der Waals surface area contributed by atoms with Crippen molar-refractivity contribution < 1.29 is 5.11 Å². The van der Waals surface area contributed by atoms with E-state index in [9.17, 15) is 0 Å². The molecule has 0 radical (unpaired) electrons. The Hall–Kier alpha value is 0.310. The van der Waals surface area contributed by atoms with Crippen LogP contribution in [0.5, 0.6) is 0 Å². The summed E-state index contributed by atoms with van der Waals surface area (Å²) in [4.78, 5) is 0. The van der Waals surface area contributed by atoms with Crippen molar-refractivity contribution >= 4 is 11.8 Å². The Kier molecular flexibility index (Phi) is 57.9. The topological polar surface area (TPSA) is 20.2 Å². The van der Waals surface area contributed by atoms with Crippen LogP contribution < -0.4 is 0 Å². The first-order chi connectivity index (χ1) is 4.91. The van der Waals surface area contributed by atoms with Crippen LogP contribution in [0.4, 0.5) is 0 Å². The van der Waals surface area contributed by atoms with Crippen molar-refractivity contribution in [1.29, 1.82) is 0 Å². The average Bonchev–Trinajstić information content (AvgIpc) is 2.08. The van der Waals surface area contributed by atoms with Gasteiger partial charge in [-0.1, -0.05) is 34.6 Å². The Bertz CT molecular complexity index is 21.2. The fraction of sp³-hybridized carbons (Fsp3) is 1.00. The fourth-order valence-electron chi connectivity index (χ4n) is 0.209. The van der Waals surface area contributed by atoms with Gasteiger partial charge in [-0.3, -0.25) is 0 Å². The normalized spacial score (nSPS) is 6.60. The third-order valence-corrected chi connectivity index (χ3v) is 1.32. The minimum atomic E-state index is 0.272. The molecule has 0 aromatic heterocycles. The SMILES string of the molecule is CC.CC.CCCSCO. The molecule has 0 amide bonds. The molecule has 1 N–H and O–H groups in total. The van der Waals surface area contributed by atoms with Crippen molar-refractivity contribution in [2.75, 3.05) is 11.7 Å². The molecule has 0 aromatic carbocycles. The van der Waals surface area contributed by atoms with E-state index in [0.717, 1.165) is 12.2 Å². The maximum Gasteiger partial charge on any atom is 0.0885 e. The lowest BCUT2D eigenvalue weighted by Crippen LogP contribution is -1.75. The summed E-state index contributed by atoms with van der Waals surface area (Å²) >= 11 is 1.56. The van der Waals surface area contributed by atoms with Gasteiger partial charge in [-0.05, 0) is 12.2 Å². The van der Waals surface area contributed by atoms with E-state index in [4.69, 9.17) is 5.11 Å². The van der Waals surface area contributed by atoms with Crippen LogP contribution in [0.15, 0.2) is 0 Å². The second-order valence-electron chi connectivity index (χ2n) is 1.04. The summed E-state index contributed by atoms with van der Waals surface area (Å²) in [7, 11) is 0. The molecule has 1 nitrogen and oxygen atoms in total. The van der Waals surface area contributed by atoms with Crippen LogP contribution in [0.2, 0.25) is 0 Å². The number of thioether (sulfide) groups is 1. The molecule has 0 unspecified atom stereocenters. The zero-order chi connectivity index (χ0) is 8.83. The molecule has 0 spiro atoms. The zero-order valence-electron chi connectivity index (χ0n) is 7.98. The summed E-state index contributed by atoms with van der Waals surface area (Å²) in [6.45, 7) is 10.1. The molecule has 0 rings (SSSR count). The van der Waals surface area contributed by atoms with Crippen LogP contribution >= 0.6 is 11.8 Å². The lowest BCUT2D eigenvalue weighted by molar-refractivity contribution is 0.375. The number of aliphatic hydroxyl groups excluding tert-OH is 1. The van der Waals surface area contributed by atoms with Crippen molar-refractivity contribution in [3.8, 4) is 0 Å². The molecule has 0 saturated carbocycles. The Morgan fingerprint density at radius 1 is 1.10 bits per heavy atom. The molecule has 2 heteroatoms. The smallest absolute Gasteiger partial charge is 0.0885 e. The summed E-state index contributed by atoms with van der Waals surface area (Å²) < 4.78 is 0. The number of hydrogen-bond acceptors (Lipinski definition) is 2. The fourth-order valence-corrected chi connectivity index (χ4v) is 0.627. The maximum atomic E-state index is 8.16. The molecular formula is C8H22OS. The summed E-state index contributed by atoms with van der Waals surface area (Å²) in [6, 6.07) is 0. The first-order valence-electron chi connectivity index (χ1n) is 4.10. The predicted molar refractivity (Wildman–Crippen MR) is 52.5 cm³/mol. The van der Waals surface area contributed by atoms with E-state index in [1.165, 1.54) is 0 Å². The van der Waals surface area contributed by atoms with Gasteiger partial charge in [-0.15, -0.1) is 11.8 Å². The number of aliphatic hydroxyl groups is 1. The summed E-state index contributed by atoms with van der Waals surface area (Å²) in [5, 5.41) is 8.16. The molecule has 0 heterocycles. The molecule has 66 valence electrons. The predicted octanol–water partition coefficient (Wildman–Crippen LogP) is 3.13. The summed E-state index contributed by atoms with van der Waals surface area (Å²) in [6.07, 6.45) is 1.16. The van der Waals surface area contributed by atoms with Crippen molar-refractivity contribution in [2.45, 2.75) is 41.0 Å². The highest BCUT2D eigenvalue weighted by atomic mass is 32.2. The highest BCUT2D eigenvalue weighted by molar-refractivity contribution is 7.99. The first kappa shape index (κ1) is 16.7. The minimum Gasteiger partial charge on any atom is -0.386 e. The molecule has 0 atom stereocenters.